The van der Waals surface area contributed by atoms with Crippen molar-refractivity contribution < 1.29 is 0 Å². The molecule has 1 aromatic heterocycles. The molecule has 2 heterocycles. The summed E-state index contributed by atoms with van der Waals surface area (Å²) >= 11 is 0. The van der Waals surface area contributed by atoms with Crippen molar-refractivity contribution >= 4 is 67.7 Å². The second-order valence-corrected chi connectivity index (χ2v) is 20.6. The fourth-order valence-electron chi connectivity index (χ4n) is 11.0. The molecule has 11 aromatic rings. The van der Waals surface area contributed by atoms with Crippen LogP contribution in [0.5, 0.6) is 0 Å². The number of hydrogen-bond donors (Lipinski definition) is 0. The van der Waals surface area contributed by atoms with Gasteiger partial charge in [0.15, 0.2) is 8.07 Å². The van der Waals surface area contributed by atoms with Crippen molar-refractivity contribution in [2.45, 2.75) is 5.41 Å². The van der Waals surface area contributed by atoms with Gasteiger partial charge in [0.1, 0.15) is 0 Å². The molecular formula is C61H44N2Si. The second kappa shape index (κ2) is 15.4. The highest BCUT2D eigenvalue weighted by molar-refractivity contribution is 7.20. The monoisotopic (exact) mass is 832 g/mol. The molecule has 0 aliphatic carbocycles. The van der Waals surface area contributed by atoms with Crippen molar-refractivity contribution in [1.29, 1.82) is 0 Å². The Bertz CT molecular complexity index is 3290. The maximum atomic E-state index is 2.53. The third-order valence-electron chi connectivity index (χ3n) is 13.6. The molecule has 0 radical (unpaired) electrons. The number of anilines is 3. The molecule has 0 bridgehead atoms. The maximum Gasteiger partial charge on any atom is 0.179 e. The zero-order valence-electron chi connectivity index (χ0n) is 35.3. The van der Waals surface area contributed by atoms with Gasteiger partial charge in [0, 0.05) is 22.1 Å². The molecule has 0 saturated carbocycles. The first-order chi connectivity index (χ1) is 31.8. The van der Waals surface area contributed by atoms with E-state index in [1.54, 1.807) is 0 Å². The van der Waals surface area contributed by atoms with Crippen molar-refractivity contribution in [3.63, 3.8) is 0 Å². The lowest BCUT2D eigenvalue weighted by Gasteiger charge is -2.46. The van der Waals surface area contributed by atoms with Gasteiger partial charge >= 0.3 is 0 Å². The molecule has 0 spiro atoms. The van der Waals surface area contributed by atoms with Gasteiger partial charge < -0.3 is 9.47 Å². The van der Waals surface area contributed by atoms with Gasteiger partial charge in [-0.25, -0.2) is 0 Å². The van der Waals surface area contributed by atoms with E-state index in [0.29, 0.717) is 0 Å². The van der Waals surface area contributed by atoms with Gasteiger partial charge in [0.25, 0.3) is 0 Å². The number of rotatable bonds is 8. The van der Waals surface area contributed by atoms with E-state index in [9.17, 15) is 0 Å². The van der Waals surface area contributed by atoms with E-state index in [-0.39, 0.29) is 0 Å². The molecule has 12 rings (SSSR count). The van der Waals surface area contributed by atoms with Gasteiger partial charge in [0.2, 0.25) is 0 Å². The molecular weight excluding hydrogens is 789 g/mol. The number of para-hydroxylation sites is 3. The van der Waals surface area contributed by atoms with Gasteiger partial charge in [-0.05, 0) is 91.5 Å². The van der Waals surface area contributed by atoms with Crippen LogP contribution < -0.4 is 25.6 Å². The van der Waals surface area contributed by atoms with E-state index < -0.39 is 13.5 Å². The molecule has 302 valence electrons. The lowest BCUT2D eigenvalue weighted by Crippen LogP contribution is -2.74. The minimum Gasteiger partial charge on any atom is -0.310 e. The molecule has 1 aliphatic heterocycles. The van der Waals surface area contributed by atoms with Gasteiger partial charge in [-0.15, -0.1) is 0 Å². The number of hydrogen-bond acceptors (Lipinski definition) is 1. The van der Waals surface area contributed by atoms with Crippen LogP contribution in [0.25, 0.3) is 27.5 Å². The summed E-state index contributed by atoms with van der Waals surface area (Å²) in [6.45, 7) is 0. The van der Waals surface area contributed by atoms with Crippen LogP contribution in [0.1, 0.15) is 22.3 Å². The van der Waals surface area contributed by atoms with E-state index in [0.717, 1.165) is 17.1 Å². The Morgan fingerprint density at radius 2 is 0.766 bits per heavy atom. The quantitative estimate of drug-likeness (QED) is 0.109. The average molecular weight is 833 g/mol. The third kappa shape index (κ3) is 5.64. The molecule has 0 N–H and O–H groups in total. The van der Waals surface area contributed by atoms with Crippen LogP contribution in [-0.2, 0) is 5.41 Å². The molecule has 0 fully saturated rings. The van der Waals surface area contributed by atoms with Crippen LogP contribution in [0, 0.1) is 0 Å². The molecule has 3 heteroatoms. The summed E-state index contributed by atoms with van der Waals surface area (Å²) in [5.74, 6) is 0. The lowest BCUT2D eigenvalue weighted by atomic mass is 9.62. The highest BCUT2D eigenvalue weighted by Crippen LogP contribution is 2.58. The lowest BCUT2D eigenvalue weighted by molar-refractivity contribution is 0.730. The summed E-state index contributed by atoms with van der Waals surface area (Å²) in [4.78, 5) is 2.46. The Morgan fingerprint density at radius 1 is 0.297 bits per heavy atom. The smallest absolute Gasteiger partial charge is 0.179 e. The van der Waals surface area contributed by atoms with Crippen molar-refractivity contribution in [3.8, 4) is 5.69 Å². The number of fused-ring (bicyclic) bond motifs is 5. The third-order valence-corrected chi connectivity index (χ3v) is 18.4. The Kier molecular flexibility index (Phi) is 9.10. The zero-order valence-corrected chi connectivity index (χ0v) is 36.3. The van der Waals surface area contributed by atoms with Crippen LogP contribution in [0.3, 0.4) is 0 Å². The molecule has 0 amide bonds. The Labute approximate surface area is 375 Å². The Balaban J connectivity index is 1.16. The van der Waals surface area contributed by atoms with Crippen LogP contribution >= 0.6 is 0 Å². The van der Waals surface area contributed by atoms with Crippen molar-refractivity contribution in [1.82, 2.24) is 4.57 Å². The van der Waals surface area contributed by atoms with Gasteiger partial charge in [-0.1, -0.05) is 218 Å². The largest absolute Gasteiger partial charge is 0.310 e. The standard InChI is InChI=1S/C61H44N2Si/c1-7-23-45(24-8-1)61(46-25-9-2-10-26-46)55-36-20-22-38-59(55)62(47-27-11-3-12-28-47)60-41-39-48(43-56(60)61)63-57-37-21-19-35-53(57)54-44-52(40-42-58(54)63)64(49-29-13-4-14-30-49,50-31-15-5-16-32-50)51-33-17-6-18-34-51/h1-44H. The summed E-state index contributed by atoms with van der Waals surface area (Å²) in [5.41, 5.74) is 11.3. The summed E-state index contributed by atoms with van der Waals surface area (Å²) in [6, 6.07) is 99.2. The summed E-state index contributed by atoms with van der Waals surface area (Å²) in [5, 5.41) is 7.95. The molecule has 10 aromatic carbocycles. The maximum absolute atomic E-state index is 2.78. The summed E-state index contributed by atoms with van der Waals surface area (Å²) < 4.78 is 2.50. The predicted octanol–water partition coefficient (Wildman–Crippen LogP) is 12.3. The highest BCUT2D eigenvalue weighted by Gasteiger charge is 2.47. The fourth-order valence-corrected chi connectivity index (χ4v) is 15.8. The van der Waals surface area contributed by atoms with Crippen LogP contribution in [0.15, 0.2) is 267 Å². The second-order valence-electron chi connectivity index (χ2n) is 16.8. The molecule has 0 atom stereocenters. The van der Waals surface area contributed by atoms with Crippen molar-refractivity contribution in [2.24, 2.45) is 0 Å². The van der Waals surface area contributed by atoms with Crippen LogP contribution in [-0.4, -0.2) is 12.6 Å². The van der Waals surface area contributed by atoms with E-state index >= 15 is 0 Å². The number of benzene rings is 10. The minimum absolute atomic E-state index is 0.617. The summed E-state index contributed by atoms with van der Waals surface area (Å²) in [6.07, 6.45) is 0. The van der Waals surface area contributed by atoms with Crippen molar-refractivity contribution in [2.75, 3.05) is 4.90 Å². The van der Waals surface area contributed by atoms with Gasteiger partial charge in [0.05, 0.1) is 27.8 Å². The van der Waals surface area contributed by atoms with Gasteiger partial charge in [-0.3, -0.25) is 0 Å². The van der Waals surface area contributed by atoms with E-state index in [4.69, 9.17) is 0 Å². The van der Waals surface area contributed by atoms with Crippen LogP contribution in [0.2, 0.25) is 0 Å². The van der Waals surface area contributed by atoms with E-state index in [1.165, 1.54) is 70.5 Å². The van der Waals surface area contributed by atoms with Gasteiger partial charge in [-0.2, -0.15) is 0 Å². The highest BCUT2D eigenvalue weighted by atomic mass is 28.3. The summed E-state index contributed by atoms with van der Waals surface area (Å²) in [7, 11) is -2.78. The molecule has 0 saturated heterocycles. The van der Waals surface area contributed by atoms with Crippen molar-refractivity contribution in [3.05, 3.63) is 289 Å². The first-order valence-corrected chi connectivity index (χ1v) is 24.2. The SMILES string of the molecule is c1ccc(N2c3ccccc3C(c3ccccc3)(c3ccccc3)c3cc(-n4c5ccccc5c5cc([Si](c6ccccc6)(c6ccccc6)c6ccccc6)ccc54)ccc32)cc1. The fraction of sp³-hybridized carbons (Fsp3) is 0.0164. The number of nitrogens with zero attached hydrogens (tertiary/aromatic N) is 2. The molecule has 2 nitrogen and oxygen atoms in total. The molecule has 0 unspecified atom stereocenters. The number of aromatic nitrogens is 1. The zero-order chi connectivity index (χ0) is 42.5. The Hall–Kier alpha value is -7.98. The van der Waals surface area contributed by atoms with Crippen LogP contribution in [0.4, 0.5) is 17.1 Å². The normalized spacial score (nSPS) is 13.1. The first-order valence-electron chi connectivity index (χ1n) is 22.2. The Morgan fingerprint density at radius 3 is 1.36 bits per heavy atom. The molecule has 64 heavy (non-hydrogen) atoms. The predicted molar refractivity (Wildman–Crippen MR) is 271 cm³/mol. The average Bonchev–Trinajstić information content (AvgIpc) is 3.71. The van der Waals surface area contributed by atoms with E-state index in [2.05, 4.69) is 276 Å². The topological polar surface area (TPSA) is 8.17 Å². The van der Waals surface area contributed by atoms with E-state index in [1.807, 2.05) is 0 Å². The molecule has 1 aliphatic rings. The minimum atomic E-state index is -2.78. The first kappa shape index (κ1) is 37.8.